The Balaban J connectivity index is 2.31. The Morgan fingerprint density at radius 2 is 2.41 bits per heavy atom. The largest absolute Gasteiger partial charge is 0.465 e. The van der Waals surface area contributed by atoms with Crippen molar-refractivity contribution in [1.82, 2.24) is 14.8 Å². The molecule has 1 aliphatic heterocycles. The van der Waals surface area contributed by atoms with Crippen molar-refractivity contribution in [1.29, 1.82) is 0 Å². The Morgan fingerprint density at radius 3 is 2.94 bits per heavy atom. The Bertz CT molecular complexity index is 455. The van der Waals surface area contributed by atoms with Crippen LogP contribution in [0.1, 0.15) is 26.1 Å². The lowest BCUT2D eigenvalue weighted by atomic mass is 9.79. The highest BCUT2D eigenvalue weighted by Crippen LogP contribution is 2.34. The first-order valence-electron chi connectivity index (χ1n) is 5.65. The predicted octanol–water partition coefficient (Wildman–Crippen LogP) is 0.363. The maximum absolute atomic E-state index is 11.8. The summed E-state index contributed by atoms with van der Waals surface area (Å²) in [7, 11) is 0. The highest BCUT2D eigenvalue weighted by molar-refractivity contribution is 6.03. The third-order valence-electron chi connectivity index (χ3n) is 3.28. The molecule has 0 bridgehead atoms. The van der Waals surface area contributed by atoms with Crippen LogP contribution in [-0.2, 0) is 27.3 Å². The van der Waals surface area contributed by atoms with E-state index in [0.717, 1.165) is 0 Å². The normalized spacial score (nSPS) is 23.8. The first-order valence-corrected chi connectivity index (χ1v) is 5.65. The van der Waals surface area contributed by atoms with Gasteiger partial charge in [0.05, 0.1) is 6.61 Å². The van der Waals surface area contributed by atoms with Crippen LogP contribution in [0.4, 0.5) is 0 Å². The number of rotatable bonds is 4. The molecule has 17 heavy (non-hydrogen) atoms. The van der Waals surface area contributed by atoms with Gasteiger partial charge in [-0.15, -0.1) is 0 Å². The topological polar surface area (TPSA) is 74.1 Å². The first kappa shape index (κ1) is 11.8. The fourth-order valence-corrected chi connectivity index (χ4v) is 2.12. The molecule has 1 unspecified atom stereocenters. The Morgan fingerprint density at radius 1 is 1.65 bits per heavy atom. The van der Waals surface area contributed by atoms with Gasteiger partial charge >= 0.3 is 5.97 Å². The summed E-state index contributed by atoms with van der Waals surface area (Å²) in [6, 6.07) is 0. The fraction of sp³-hybridized carbons (Fsp3) is 0.636. The Kier molecular flexibility index (Phi) is 2.95. The molecule has 1 aliphatic rings. The number of hydrogen-bond donors (Lipinski definition) is 0. The van der Waals surface area contributed by atoms with E-state index in [1.54, 1.807) is 4.68 Å². The van der Waals surface area contributed by atoms with Gasteiger partial charge in [0.2, 0.25) is 0 Å². The van der Waals surface area contributed by atoms with Crippen LogP contribution in [0.15, 0.2) is 6.33 Å². The van der Waals surface area contributed by atoms with Gasteiger partial charge < -0.3 is 4.74 Å². The highest BCUT2D eigenvalue weighted by atomic mass is 16.5. The number of Topliss-reactive ketones (excluding diaryl/α,β-unsaturated/α-hetero) is 1. The predicted molar refractivity (Wildman–Crippen MR) is 58.1 cm³/mol. The molecule has 2 heterocycles. The zero-order valence-corrected chi connectivity index (χ0v) is 9.97. The van der Waals surface area contributed by atoms with Gasteiger partial charge in [-0.05, 0) is 13.8 Å². The van der Waals surface area contributed by atoms with Gasteiger partial charge in [-0.3, -0.25) is 14.3 Å². The monoisotopic (exact) mass is 237 g/mol. The lowest BCUT2D eigenvalue weighted by Crippen LogP contribution is -2.37. The molecule has 1 saturated heterocycles. The van der Waals surface area contributed by atoms with Crippen LogP contribution in [0.25, 0.3) is 0 Å². The van der Waals surface area contributed by atoms with E-state index >= 15 is 0 Å². The summed E-state index contributed by atoms with van der Waals surface area (Å²) < 4.78 is 6.63. The average Bonchev–Trinajstić information content (AvgIpc) is 2.87. The Hall–Kier alpha value is -1.72. The van der Waals surface area contributed by atoms with Crippen molar-refractivity contribution in [2.45, 2.75) is 33.2 Å². The van der Waals surface area contributed by atoms with Gasteiger partial charge in [-0.2, -0.15) is 5.10 Å². The van der Waals surface area contributed by atoms with Crippen molar-refractivity contribution in [2.75, 3.05) is 6.61 Å². The quantitative estimate of drug-likeness (QED) is 0.558. The van der Waals surface area contributed by atoms with E-state index in [2.05, 4.69) is 10.1 Å². The smallest absolute Gasteiger partial charge is 0.320 e. The molecule has 1 aromatic heterocycles. The van der Waals surface area contributed by atoms with E-state index in [0.29, 0.717) is 25.4 Å². The highest BCUT2D eigenvalue weighted by Gasteiger charge is 2.49. The molecule has 0 saturated carbocycles. The lowest BCUT2D eigenvalue weighted by molar-refractivity contribution is -0.150. The molecule has 0 radical (unpaired) electrons. The number of nitrogens with zero attached hydrogens (tertiary/aromatic N) is 3. The Labute approximate surface area is 99.0 Å². The number of aromatic nitrogens is 3. The second-order valence-electron chi connectivity index (χ2n) is 4.19. The summed E-state index contributed by atoms with van der Waals surface area (Å²) in [5, 5.41) is 4.03. The van der Waals surface area contributed by atoms with E-state index in [1.807, 2.05) is 6.92 Å². The molecule has 92 valence electrons. The molecule has 0 spiro atoms. The van der Waals surface area contributed by atoms with Crippen molar-refractivity contribution in [3.63, 3.8) is 0 Å². The van der Waals surface area contributed by atoms with Crippen LogP contribution in [0.2, 0.25) is 0 Å². The molecule has 0 aromatic carbocycles. The minimum atomic E-state index is -1.06. The summed E-state index contributed by atoms with van der Waals surface area (Å²) in [4.78, 5) is 27.6. The average molecular weight is 237 g/mol. The van der Waals surface area contributed by atoms with Crippen molar-refractivity contribution < 1.29 is 14.3 Å². The van der Waals surface area contributed by atoms with E-state index in [9.17, 15) is 9.59 Å². The molecule has 1 aromatic rings. The van der Waals surface area contributed by atoms with Crippen molar-refractivity contribution in [3.05, 3.63) is 12.2 Å². The fourth-order valence-electron chi connectivity index (χ4n) is 2.12. The summed E-state index contributed by atoms with van der Waals surface area (Å²) in [6.45, 7) is 4.34. The number of hydrogen-bond acceptors (Lipinski definition) is 5. The van der Waals surface area contributed by atoms with Crippen LogP contribution < -0.4 is 0 Å². The molecule has 0 amide bonds. The van der Waals surface area contributed by atoms with Gasteiger partial charge in [0.1, 0.15) is 23.3 Å². The van der Waals surface area contributed by atoms with Crippen LogP contribution in [0.5, 0.6) is 0 Å². The first-order chi connectivity index (χ1) is 8.10. The van der Waals surface area contributed by atoms with Crippen molar-refractivity contribution in [3.8, 4) is 0 Å². The second kappa shape index (κ2) is 4.27. The van der Waals surface area contributed by atoms with Crippen molar-refractivity contribution >= 4 is 11.8 Å². The minimum absolute atomic E-state index is 0.161. The molecular weight excluding hydrogens is 222 g/mol. The molecule has 1 fully saturated rings. The van der Waals surface area contributed by atoms with Gasteiger partial charge in [0, 0.05) is 19.4 Å². The molecule has 1 atom stereocenters. The van der Waals surface area contributed by atoms with Gasteiger partial charge in [0.15, 0.2) is 0 Å². The number of ether oxygens (including phenoxy) is 1. The summed E-state index contributed by atoms with van der Waals surface area (Å²) in [5.41, 5.74) is -1.06. The summed E-state index contributed by atoms with van der Waals surface area (Å²) in [5.74, 6) is 0.0582. The number of carbonyl (C=O) groups excluding carboxylic acids is 2. The third kappa shape index (κ3) is 1.83. The van der Waals surface area contributed by atoms with Gasteiger partial charge in [-0.1, -0.05) is 0 Å². The third-order valence-corrected chi connectivity index (χ3v) is 3.28. The van der Waals surface area contributed by atoms with E-state index in [-0.39, 0.29) is 12.2 Å². The molecular formula is C11H15N3O3. The maximum atomic E-state index is 11.8. The minimum Gasteiger partial charge on any atom is -0.465 e. The van der Waals surface area contributed by atoms with E-state index in [1.165, 1.54) is 13.3 Å². The standard InChI is InChI=1S/C11H15N3O3/c1-3-14-9(12-7-13-14)6-11(8(2)15)4-5-17-10(11)16/h7H,3-6H2,1-2H3. The van der Waals surface area contributed by atoms with Crippen LogP contribution >= 0.6 is 0 Å². The number of aryl methyl sites for hydroxylation is 1. The van der Waals surface area contributed by atoms with Gasteiger partial charge in [0.25, 0.3) is 0 Å². The van der Waals surface area contributed by atoms with E-state index in [4.69, 9.17) is 4.74 Å². The number of ketones is 1. The molecule has 0 N–H and O–H groups in total. The molecule has 2 rings (SSSR count). The van der Waals surface area contributed by atoms with Crippen LogP contribution in [0, 0.1) is 5.41 Å². The second-order valence-corrected chi connectivity index (χ2v) is 4.19. The van der Waals surface area contributed by atoms with Gasteiger partial charge in [-0.25, -0.2) is 4.98 Å². The van der Waals surface area contributed by atoms with Crippen molar-refractivity contribution in [2.24, 2.45) is 5.41 Å². The summed E-state index contributed by atoms with van der Waals surface area (Å²) in [6.07, 6.45) is 2.14. The van der Waals surface area contributed by atoms with Crippen LogP contribution in [0.3, 0.4) is 0 Å². The molecule has 6 nitrogen and oxygen atoms in total. The number of esters is 1. The van der Waals surface area contributed by atoms with E-state index < -0.39 is 11.4 Å². The maximum Gasteiger partial charge on any atom is 0.320 e. The molecule has 6 heteroatoms. The summed E-state index contributed by atoms with van der Waals surface area (Å²) >= 11 is 0. The number of carbonyl (C=O) groups is 2. The lowest BCUT2D eigenvalue weighted by Gasteiger charge is -2.20. The molecule has 0 aliphatic carbocycles. The number of cyclic esters (lactones) is 1. The van der Waals surface area contributed by atoms with Crippen LogP contribution in [-0.4, -0.2) is 33.1 Å². The SMILES string of the molecule is CCn1ncnc1CC1(C(C)=O)CCOC1=O. The zero-order chi connectivity index (χ0) is 12.5. The zero-order valence-electron chi connectivity index (χ0n) is 9.97.